The molecule has 1 rings (SSSR count). The van der Waals surface area contributed by atoms with E-state index < -0.39 is 0 Å². The van der Waals surface area contributed by atoms with Crippen LogP contribution in [0.25, 0.3) is 0 Å². The van der Waals surface area contributed by atoms with Crippen molar-refractivity contribution < 1.29 is 4.74 Å². The molecule has 0 unspecified atom stereocenters. The fourth-order valence-corrected chi connectivity index (χ4v) is 1.04. The lowest BCUT2D eigenvalue weighted by atomic mass is 10.2. The molecule has 0 saturated heterocycles. The highest BCUT2D eigenvalue weighted by molar-refractivity contribution is 7.80. The van der Waals surface area contributed by atoms with Crippen LogP contribution in [-0.4, -0.2) is 15.6 Å². The van der Waals surface area contributed by atoms with Gasteiger partial charge < -0.3 is 10.5 Å². The minimum absolute atomic E-state index is 0.262. The smallest absolute Gasteiger partial charge is 0.214 e. The van der Waals surface area contributed by atoms with Crippen LogP contribution in [0.15, 0.2) is 18.2 Å². The maximum atomic E-state index is 5.57. The van der Waals surface area contributed by atoms with Crippen molar-refractivity contribution in [2.45, 2.75) is 26.4 Å². The van der Waals surface area contributed by atoms with Crippen LogP contribution in [0.3, 0.4) is 0 Å². The molecular formula is C10H14N2OS. The second-order valence-corrected chi connectivity index (χ2v) is 4.38. The molecule has 0 aliphatic carbocycles. The maximum Gasteiger partial charge on any atom is 0.214 e. The summed E-state index contributed by atoms with van der Waals surface area (Å²) in [6, 6.07) is 5.37. The minimum atomic E-state index is -0.262. The molecule has 1 aromatic rings. The second-order valence-electron chi connectivity index (χ2n) is 3.94. The topological polar surface area (TPSA) is 48.1 Å². The zero-order valence-electron chi connectivity index (χ0n) is 8.57. The predicted molar refractivity (Wildman–Crippen MR) is 60.5 cm³/mol. The molecule has 0 aliphatic rings. The molecule has 0 spiro atoms. The summed E-state index contributed by atoms with van der Waals surface area (Å²) in [5.41, 5.74) is 5.78. The summed E-state index contributed by atoms with van der Waals surface area (Å²) in [6.07, 6.45) is 0. The van der Waals surface area contributed by atoms with E-state index in [0.29, 0.717) is 11.6 Å². The highest BCUT2D eigenvalue weighted by Gasteiger charge is 2.12. The summed E-state index contributed by atoms with van der Waals surface area (Å²) >= 11 is 4.82. The molecule has 4 heteroatoms. The first-order valence-corrected chi connectivity index (χ1v) is 4.75. The predicted octanol–water partition coefficient (Wildman–Crippen LogP) is 1.89. The van der Waals surface area contributed by atoms with Crippen LogP contribution < -0.4 is 10.5 Å². The van der Waals surface area contributed by atoms with Crippen molar-refractivity contribution in [1.82, 2.24) is 4.98 Å². The normalized spacial score (nSPS) is 11.1. The molecule has 0 saturated carbocycles. The minimum Gasteiger partial charge on any atom is -0.472 e. The number of nitrogens with two attached hydrogens (primary N) is 1. The Morgan fingerprint density at radius 1 is 1.43 bits per heavy atom. The molecule has 0 bridgehead atoms. The van der Waals surface area contributed by atoms with E-state index in [2.05, 4.69) is 4.98 Å². The average Bonchev–Trinajstić information content (AvgIpc) is 2.01. The maximum absolute atomic E-state index is 5.57. The molecule has 0 fully saturated rings. The molecular weight excluding hydrogens is 196 g/mol. The molecule has 0 atom stereocenters. The number of aromatic nitrogens is 1. The van der Waals surface area contributed by atoms with E-state index in [1.54, 1.807) is 12.1 Å². The van der Waals surface area contributed by atoms with Crippen molar-refractivity contribution in [3.63, 3.8) is 0 Å². The van der Waals surface area contributed by atoms with Crippen LogP contribution >= 0.6 is 12.2 Å². The van der Waals surface area contributed by atoms with Gasteiger partial charge in [-0.1, -0.05) is 18.3 Å². The van der Waals surface area contributed by atoms with E-state index in [0.717, 1.165) is 0 Å². The Bertz CT molecular complexity index is 344. The van der Waals surface area contributed by atoms with Gasteiger partial charge in [0.1, 0.15) is 16.3 Å². The van der Waals surface area contributed by atoms with Gasteiger partial charge in [-0.2, -0.15) is 0 Å². The number of pyridine rings is 1. The molecule has 2 N–H and O–H groups in total. The van der Waals surface area contributed by atoms with Gasteiger partial charge in [0, 0.05) is 6.07 Å². The highest BCUT2D eigenvalue weighted by atomic mass is 32.1. The zero-order chi connectivity index (χ0) is 10.8. The zero-order valence-corrected chi connectivity index (χ0v) is 9.39. The largest absolute Gasteiger partial charge is 0.472 e. The molecule has 0 radical (unpaired) electrons. The van der Waals surface area contributed by atoms with E-state index in [9.17, 15) is 0 Å². The lowest BCUT2D eigenvalue weighted by Crippen LogP contribution is -2.24. The fraction of sp³-hybridized carbons (Fsp3) is 0.400. The van der Waals surface area contributed by atoms with E-state index in [-0.39, 0.29) is 10.6 Å². The van der Waals surface area contributed by atoms with Gasteiger partial charge in [-0.3, -0.25) is 0 Å². The lowest BCUT2D eigenvalue weighted by molar-refractivity contribution is 0.124. The van der Waals surface area contributed by atoms with Gasteiger partial charge in [0.25, 0.3) is 0 Å². The standard InChI is InChI=1S/C10H14N2OS/c1-10(2,3)13-8-6-4-5-7(12-8)9(11)14/h4-6H,1-3H3,(H2,11,14). The summed E-state index contributed by atoms with van der Waals surface area (Å²) in [7, 11) is 0. The van der Waals surface area contributed by atoms with Crippen LogP contribution in [-0.2, 0) is 0 Å². The Kier molecular flexibility index (Phi) is 3.06. The number of thiocarbonyl (C=S) groups is 1. The van der Waals surface area contributed by atoms with Crippen molar-refractivity contribution in [2.24, 2.45) is 5.73 Å². The summed E-state index contributed by atoms with van der Waals surface area (Å²) in [4.78, 5) is 4.45. The van der Waals surface area contributed by atoms with Gasteiger partial charge in [-0.15, -0.1) is 0 Å². The van der Waals surface area contributed by atoms with Crippen LogP contribution in [0.4, 0.5) is 0 Å². The van der Waals surface area contributed by atoms with Gasteiger partial charge in [0.05, 0.1) is 0 Å². The van der Waals surface area contributed by atoms with Crippen molar-refractivity contribution in [3.8, 4) is 5.88 Å². The Morgan fingerprint density at radius 2 is 2.07 bits per heavy atom. The number of rotatable bonds is 2. The number of hydrogen-bond acceptors (Lipinski definition) is 3. The molecule has 0 amide bonds. The summed E-state index contributed by atoms with van der Waals surface area (Å²) in [5, 5.41) is 0. The van der Waals surface area contributed by atoms with Gasteiger partial charge in [-0.25, -0.2) is 4.98 Å². The first kappa shape index (κ1) is 10.9. The Balaban J connectivity index is 2.89. The second kappa shape index (κ2) is 3.92. The lowest BCUT2D eigenvalue weighted by Gasteiger charge is -2.20. The van der Waals surface area contributed by atoms with Gasteiger partial charge >= 0.3 is 0 Å². The molecule has 0 aromatic carbocycles. The molecule has 0 aliphatic heterocycles. The van der Waals surface area contributed by atoms with Crippen molar-refractivity contribution in [1.29, 1.82) is 0 Å². The van der Waals surface area contributed by atoms with Crippen LogP contribution in [0.5, 0.6) is 5.88 Å². The Labute approximate surface area is 89.3 Å². The molecule has 1 aromatic heterocycles. The van der Waals surface area contributed by atoms with Crippen LogP contribution in [0.2, 0.25) is 0 Å². The van der Waals surface area contributed by atoms with Gasteiger partial charge in [0.2, 0.25) is 5.88 Å². The summed E-state index contributed by atoms with van der Waals surface area (Å²) in [5.74, 6) is 0.544. The summed E-state index contributed by atoms with van der Waals surface area (Å²) < 4.78 is 5.57. The van der Waals surface area contributed by atoms with Crippen molar-refractivity contribution in [2.75, 3.05) is 0 Å². The monoisotopic (exact) mass is 210 g/mol. The first-order chi connectivity index (χ1) is 6.38. The third-order valence-electron chi connectivity index (χ3n) is 1.39. The Morgan fingerprint density at radius 3 is 2.57 bits per heavy atom. The van der Waals surface area contributed by atoms with E-state index in [1.807, 2.05) is 26.8 Å². The highest BCUT2D eigenvalue weighted by Crippen LogP contribution is 2.15. The van der Waals surface area contributed by atoms with Gasteiger partial charge in [0.15, 0.2) is 0 Å². The molecule has 14 heavy (non-hydrogen) atoms. The van der Waals surface area contributed by atoms with E-state index in [4.69, 9.17) is 22.7 Å². The van der Waals surface area contributed by atoms with E-state index >= 15 is 0 Å². The van der Waals surface area contributed by atoms with Crippen LogP contribution in [0.1, 0.15) is 26.5 Å². The average molecular weight is 210 g/mol. The molecule has 76 valence electrons. The third-order valence-corrected chi connectivity index (χ3v) is 1.60. The molecule has 1 heterocycles. The Hall–Kier alpha value is -1.16. The first-order valence-electron chi connectivity index (χ1n) is 4.34. The van der Waals surface area contributed by atoms with Crippen LogP contribution in [0, 0.1) is 0 Å². The SMILES string of the molecule is CC(C)(C)Oc1cccc(C(N)=S)n1. The fourth-order valence-electron chi connectivity index (χ4n) is 0.923. The van der Waals surface area contributed by atoms with Crippen molar-refractivity contribution >= 4 is 17.2 Å². The quantitative estimate of drug-likeness (QED) is 0.757. The number of hydrogen-bond donors (Lipinski definition) is 1. The van der Waals surface area contributed by atoms with Crippen molar-refractivity contribution in [3.05, 3.63) is 23.9 Å². The number of nitrogens with zero attached hydrogens (tertiary/aromatic N) is 1. The molecule has 3 nitrogen and oxygen atoms in total. The van der Waals surface area contributed by atoms with E-state index in [1.165, 1.54) is 0 Å². The summed E-state index contributed by atoms with van der Waals surface area (Å²) in [6.45, 7) is 5.88. The third kappa shape index (κ3) is 3.30. The number of ether oxygens (including phenoxy) is 1. The van der Waals surface area contributed by atoms with Gasteiger partial charge in [-0.05, 0) is 26.8 Å².